The van der Waals surface area contributed by atoms with Gasteiger partial charge in [-0.3, -0.25) is 9.59 Å². The predicted octanol–water partition coefficient (Wildman–Crippen LogP) is 1.41. The second-order valence-corrected chi connectivity index (χ2v) is 6.31. The van der Waals surface area contributed by atoms with Crippen LogP contribution in [0, 0.1) is 5.92 Å². The molecule has 1 saturated heterocycles. The largest absolute Gasteiger partial charge is 0.493 e. The van der Waals surface area contributed by atoms with E-state index in [0.717, 1.165) is 0 Å². The van der Waals surface area contributed by atoms with Crippen LogP contribution in [0.5, 0.6) is 11.5 Å². The molecule has 1 atom stereocenters. The van der Waals surface area contributed by atoms with Crippen molar-refractivity contribution in [3.8, 4) is 11.5 Å². The molecule has 9 heteroatoms. The van der Waals surface area contributed by atoms with Crippen LogP contribution in [0.1, 0.15) is 6.42 Å². The molecule has 0 radical (unpaired) electrons. The summed E-state index contributed by atoms with van der Waals surface area (Å²) in [6.45, 7) is 1.12. The number of methoxy groups -OCH3 is 1. The Morgan fingerprint density at radius 2 is 2.20 bits per heavy atom. The van der Waals surface area contributed by atoms with Gasteiger partial charge in [0.1, 0.15) is 12.1 Å². The SMILES string of the molecule is COc1ccccc1OCCN1CC(C(=O)Nc2nncs2)CC1=O. The van der Waals surface area contributed by atoms with E-state index in [2.05, 4.69) is 15.5 Å². The summed E-state index contributed by atoms with van der Waals surface area (Å²) in [7, 11) is 1.58. The van der Waals surface area contributed by atoms with Crippen LogP contribution in [-0.4, -0.2) is 53.7 Å². The molecule has 0 saturated carbocycles. The van der Waals surface area contributed by atoms with Crippen LogP contribution in [0.3, 0.4) is 0 Å². The number of likely N-dealkylation sites (tertiary alicyclic amines) is 1. The van der Waals surface area contributed by atoms with Gasteiger partial charge in [0.05, 0.1) is 19.6 Å². The maximum Gasteiger partial charge on any atom is 0.231 e. The van der Waals surface area contributed by atoms with E-state index in [1.165, 1.54) is 16.8 Å². The molecule has 2 aromatic rings. The summed E-state index contributed by atoms with van der Waals surface area (Å²) in [5.74, 6) is 0.619. The first-order chi connectivity index (χ1) is 12.2. The van der Waals surface area contributed by atoms with Gasteiger partial charge in [0, 0.05) is 13.0 Å². The fraction of sp³-hybridized carbons (Fsp3) is 0.375. The number of rotatable bonds is 7. The van der Waals surface area contributed by atoms with E-state index >= 15 is 0 Å². The number of anilines is 1. The molecule has 0 aliphatic carbocycles. The van der Waals surface area contributed by atoms with Crippen molar-refractivity contribution in [1.29, 1.82) is 0 Å². The van der Waals surface area contributed by atoms with Crippen LogP contribution in [-0.2, 0) is 9.59 Å². The lowest BCUT2D eigenvalue weighted by Gasteiger charge is -2.17. The molecule has 2 amide bonds. The quantitative estimate of drug-likeness (QED) is 0.800. The summed E-state index contributed by atoms with van der Waals surface area (Å²) < 4.78 is 10.9. The zero-order valence-corrected chi connectivity index (χ0v) is 14.5. The van der Waals surface area contributed by atoms with Crippen molar-refractivity contribution in [2.24, 2.45) is 5.92 Å². The minimum absolute atomic E-state index is 0.0546. The van der Waals surface area contributed by atoms with Gasteiger partial charge in [0.2, 0.25) is 16.9 Å². The van der Waals surface area contributed by atoms with Gasteiger partial charge in [0.15, 0.2) is 11.5 Å². The lowest BCUT2D eigenvalue weighted by atomic mass is 10.1. The Morgan fingerprint density at radius 3 is 2.92 bits per heavy atom. The average Bonchev–Trinajstić information content (AvgIpc) is 3.25. The lowest BCUT2D eigenvalue weighted by Crippen LogP contribution is -2.31. The molecule has 0 spiro atoms. The molecule has 1 fully saturated rings. The number of benzene rings is 1. The van der Waals surface area contributed by atoms with Crippen LogP contribution in [0.2, 0.25) is 0 Å². The van der Waals surface area contributed by atoms with Crippen molar-refractivity contribution in [2.45, 2.75) is 6.42 Å². The van der Waals surface area contributed by atoms with Gasteiger partial charge in [0.25, 0.3) is 0 Å². The molecular weight excluding hydrogens is 344 g/mol. The van der Waals surface area contributed by atoms with Crippen molar-refractivity contribution in [2.75, 3.05) is 32.1 Å². The van der Waals surface area contributed by atoms with Crippen LogP contribution < -0.4 is 14.8 Å². The minimum atomic E-state index is -0.386. The number of carbonyl (C=O) groups is 2. The molecule has 1 aromatic heterocycles. The molecular formula is C16H18N4O4S. The first kappa shape index (κ1) is 17.2. The van der Waals surface area contributed by atoms with E-state index in [1.807, 2.05) is 24.3 Å². The van der Waals surface area contributed by atoms with E-state index < -0.39 is 0 Å². The predicted molar refractivity (Wildman–Crippen MR) is 91.7 cm³/mol. The van der Waals surface area contributed by atoms with E-state index in [9.17, 15) is 9.59 Å². The number of aromatic nitrogens is 2. The van der Waals surface area contributed by atoms with Crippen molar-refractivity contribution in [3.63, 3.8) is 0 Å². The molecule has 3 rings (SSSR count). The van der Waals surface area contributed by atoms with Gasteiger partial charge in [-0.15, -0.1) is 10.2 Å². The van der Waals surface area contributed by atoms with Crippen LogP contribution in [0.15, 0.2) is 29.8 Å². The number of hydrogen-bond acceptors (Lipinski definition) is 7. The molecule has 2 heterocycles. The first-order valence-electron chi connectivity index (χ1n) is 7.78. The molecule has 1 aliphatic heterocycles. The Hall–Kier alpha value is -2.68. The second kappa shape index (κ2) is 7.93. The standard InChI is InChI=1S/C16H18N4O4S/c1-23-12-4-2-3-5-13(12)24-7-6-20-9-11(8-14(20)21)15(22)18-16-19-17-10-25-16/h2-5,10-11H,6-9H2,1H3,(H,18,19,22). The molecule has 1 aromatic carbocycles. The third-order valence-corrected chi connectivity index (χ3v) is 4.47. The number of amides is 2. The topological polar surface area (TPSA) is 93.7 Å². The molecule has 132 valence electrons. The Balaban J connectivity index is 1.49. The number of nitrogens with one attached hydrogen (secondary N) is 1. The fourth-order valence-corrected chi connectivity index (χ4v) is 3.05. The summed E-state index contributed by atoms with van der Waals surface area (Å²) in [4.78, 5) is 25.9. The number of para-hydroxylation sites is 2. The van der Waals surface area contributed by atoms with Crippen molar-refractivity contribution >= 4 is 28.3 Å². The third-order valence-electron chi connectivity index (χ3n) is 3.86. The highest BCUT2D eigenvalue weighted by Crippen LogP contribution is 2.26. The van der Waals surface area contributed by atoms with Crippen LogP contribution in [0.4, 0.5) is 5.13 Å². The number of ether oxygens (including phenoxy) is 2. The summed E-state index contributed by atoms with van der Waals surface area (Å²) in [5, 5.41) is 10.6. The van der Waals surface area contributed by atoms with Gasteiger partial charge >= 0.3 is 0 Å². The maximum atomic E-state index is 12.2. The van der Waals surface area contributed by atoms with Gasteiger partial charge in [-0.05, 0) is 12.1 Å². The summed E-state index contributed by atoms with van der Waals surface area (Å²) in [6.07, 6.45) is 0.194. The molecule has 8 nitrogen and oxygen atoms in total. The van der Waals surface area contributed by atoms with Crippen molar-refractivity contribution < 1.29 is 19.1 Å². The lowest BCUT2D eigenvalue weighted by molar-refractivity contribution is -0.128. The maximum absolute atomic E-state index is 12.2. The van der Waals surface area contributed by atoms with Crippen LogP contribution >= 0.6 is 11.3 Å². The normalized spacial score (nSPS) is 16.8. The second-order valence-electron chi connectivity index (χ2n) is 5.47. The zero-order chi connectivity index (χ0) is 17.6. The van der Waals surface area contributed by atoms with Gasteiger partial charge in [-0.1, -0.05) is 23.5 Å². The van der Waals surface area contributed by atoms with Gasteiger partial charge < -0.3 is 19.7 Å². The number of nitrogens with zero attached hydrogens (tertiary/aromatic N) is 3. The Bertz CT molecular complexity index is 737. The van der Waals surface area contributed by atoms with E-state index in [0.29, 0.717) is 36.3 Å². The van der Waals surface area contributed by atoms with E-state index in [-0.39, 0.29) is 24.2 Å². The third kappa shape index (κ3) is 4.24. The first-order valence-corrected chi connectivity index (χ1v) is 8.66. The van der Waals surface area contributed by atoms with E-state index in [4.69, 9.17) is 9.47 Å². The highest BCUT2D eigenvalue weighted by atomic mass is 32.1. The Morgan fingerprint density at radius 1 is 1.40 bits per heavy atom. The summed E-state index contributed by atoms with van der Waals surface area (Å²) >= 11 is 1.24. The van der Waals surface area contributed by atoms with Crippen molar-refractivity contribution in [3.05, 3.63) is 29.8 Å². The summed E-state index contributed by atoms with van der Waals surface area (Å²) in [5.41, 5.74) is 1.54. The number of carbonyl (C=O) groups excluding carboxylic acids is 2. The van der Waals surface area contributed by atoms with Crippen LogP contribution in [0.25, 0.3) is 0 Å². The molecule has 25 heavy (non-hydrogen) atoms. The highest BCUT2D eigenvalue weighted by Gasteiger charge is 2.34. The van der Waals surface area contributed by atoms with Crippen molar-refractivity contribution in [1.82, 2.24) is 15.1 Å². The zero-order valence-electron chi connectivity index (χ0n) is 13.7. The van der Waals surface area contributed by atoms with E-state index in [1.54, 1.807) is 12.0 Å². The van der Waals surface area contributed by atoms with Gasteiger partial charge in [-0.2, -0.15) is 0 Å². The molecule has 1 N–H and O–H groups in total. The molecule has 0 bridgehead atoms. The van der Waals surface area contributed by atoms with Gasteiger partial charge in [-0.25, -0.2) is 0 Å². The highest BCUT2D eigenvalue weighted by molar-refractivity contribution is 7.13. The Kier molecular flexibility index (Phi) is 5.44. The molecule has 1 aliphatic rings. The molecule has 1 unspecified atom stereocenters. The Labute approximate surface area is 148 Å². The minimum Gasteiger partial charge on any atom is -0.493 e. The monoisotopic (exact) mass is 362 g/mol. The summed E-state index contributed by atoms with van der Waals surface area (Å²) in [6, 6.07) is 7.33. The fourth-order valence-electron chi connectivity index (χ4n) is 2.60. The number of hydrogen-bond donors (Lipinski definition) is 1. The smallest absolute Gasteiger partial charge is 0.231 e. The average molecular weight is 362 g/mol.